The molecule has 0 spiro atoms. The van der Waals surface area contributed by atoms with Crippen molar-refractivity contribution in [1.29, 1.82) is 0 Å². The number of aromatic nitrogens is 2. The second-order valence-electron chi connectivity index (χ2n) is 8.41. The molecule has 1 fully saturated rings. The Hall–Kier alpha value is -4.14. The number of aliphatic hydroxyl groups is 1. The summed E-state index contributed by atoms with van der Waals surface area (Å²) in [6, 6.07) is 9.46. The lowest BCUT2D eigenvalue weighted by atomic mass is 9.95. The molecular formula is C27H28FN3O5. The molecular weight excluding hydrogens is 465 g/mol. The molecule has 36 heavy (non-hydrogen) atoms. The molecule has 2 aromatic carbocycles. The molecule has 1 N–H and O–H groups in total. The van der Waals surface area contributed by atoms with Crippen LogP contribution < -0.4 is 9.47 Å². The molecule has 1 aliphatic heterocycles. The number of aliphatic hydroxyl groups excluding tert-OH is 1. The smallest absolute Gasteiger partial charge is 0.295 e. The van der Waals surface area contributed by atoms with Gasteiger partial charge in [0.05, 0.1) is 31.7 Å². The van der Waals surface area contributed by atoms with Crippen molar-refractivity contribution in [3.63, 3.8) is 0 Å². The van der Waals surface area contributed by atoms with E-state index in [-0.39, 0.29) is 23.4 Å². The Morgan fingerprint density at radius 3 is 2.56 bits per heavy atom. The van der Waals surface area contributed by atoms with Crippen LogP contribution in [0.5, 0.6) is 11.5 Å². The number of ketones is 1. The average molecular weight is 494 g/mol. The zero-order valence-electron chi connectivity index (χ0n) is 20.2. The van der Waals surface area contributed by atoms with Crippen LogP contribution in [-0.2, 0) is 16.1 Å². The van der Waals surface area contributed by atoms with Crippen molar-refractivity contribution in [1.82, 2.24) is 14.5 Å². The lowest BCUT2D eigenvalue weighted by molar-refractivity contribution is -0.139. The second-order valence-corrected chi connectivity index (χ2v) is 8.41. The Bertz CT molecular complexity index is 1250. The molecule has 1 amide bonds. The highest BCUT2D eigenvalue weighted by atomic mass is 19.1. The number of carbonyl (C=O) groups is 2. The fourth-order valence-electron chi connectivity index (χ4n) is 4.25. The van der Waals surface area contributed by atoms with Crippen LogP contribution in [-0.4, -0.2) is 51.5 Å². The van der Waals surface area contributed by atoms with Crippen molar-refractivity contribution in [2.75, 3.05) is 20.3 Å². The summed E-state index contributed by atoms with van der Waals surface area (Å²) in [5.74, 6) is -1.35. The van der Waals surface area contributed by atoms with Crippen LogP contribution in [0.25, 0.3) is 5.76 Å². The molecule has 0 saturated carbocycles. The molecule has 2 heterocycles. The third-order valence-corrected chi connectivity index (χ3v) is 6.00. The van der Waals surface area contributed by atoms with E-state index in [0.29, 0.717) is 36.6 Å². The highest BCUT2D eigenvalue weighted by Crippen LogP contribution is 2.42. The number of hydrogen-bond acceptors (Lipinski definition) is 6. The van der Waals surface area contributed by atoms with Crippen molar-refractivity contribution in [2.24, 2.45) is 0 Å². The van der Waals surface area contributed by atoms with Crippen molar-refractivity contribution in [2.45, 2.75) is 32.4 Å². The predicted molar refractivity (Wildman–Crippen MR) is 131 cm³/mol. The van der Waals surface area contributed by atoms with Gasteiger partial charge in [-0.2, -0.15) is 0 Å². The van der Waals surface area contributed by atoms with Crippen LogP contribution in [0.1, 0.15) is 36.9 Å². The van der Waals surface area contributed by atoms with Gasteiger partial charge >= 0.3 is 0 Å². The van der Waals surface area contributed by atoms with Gasteiger partial charge in [0.1, 0.15) is 11.6 Å². The SMILES string of the molecule is CCCOc1ccc(C2C(=C(O)c3ccc(F)cc3)C(=O)C(=O)N2CCCn2ccnc2)cc1OC. The number of benzene rings is 2. The minimum Gasteiger partial charge on any atom is -0.507 e. The van der Waals surface area contributed by atoms with Crippen LogP contribution in [0.4, 0.5) is 4.39 Å². The summed E-state index contributed by atoms with van der Waals surface area (Å²) in [6.45, 7) is 3.37. The second kappa shape index (κ2) is 11.1. The summed E-state index contributed by atoms with van der Waals surface area (Å²) in [7, 11) is 1.51. The molecule has 9 heteroatoms. The molecule has 8 nitrogen and oxygen atoms in total. The number of aryl methyl sites for hydroxylation is 1. The molecule has 0 aliphatic carbocycles. The number of imidazole rings is 1. The zero-order chi connectivity index (χ0) is 25.7. The van der Waals surface area contributed by atoms with Gasteiger partial charge in [-0.05, 0) is 54.8 Å². The van der Waals surface area contributed by atoms with Gasteiger partial charge in [-0.15, -0.1) is 0 Å². The van der Waals surface area contributed by atoms with Crippen LogP contribution >= 0.6 is 0 Å². The monoisotopic (exact) mass is 493 g/mol. The first kappa shape index (κ1) is 25.0. The first-order chi connectivity index (χ1) is 17.4. The minimum absolute atomic E-state index is 0.0569. The molecule has 4 rings (SSSR count). The van der Waals surface area contributed by atoms with E-state index in [1.54, 1.807) is 30.7 Å². The fraction of sp³-hybridized carbons (Fsp3) is 0.296. The Labute approximate surface area is 208 Å². The van der Waals surface area contributed by atoms with E-state index in [2.05, 4.69) is 4.98 Å². The predicted octanol–water partition coefficient (Wildman–Crippen LogP) is 4.33. The number of methoxy groups -OCH3 is 1. The quantitative estimate of drug-likeness (QED) is 0.257. The Kier molecular flexibility index (Phi) is 7.68. The van der Waals surface area contributed by atoms with E-state index >= 15 is 0 Å². The first-order valence-corrected chi connectivity index (χ1v) is 11.8. The number of nitrogens with zero attached hydrogens (tertiary/aromatic N) is 3. The summed E-state index contributed by atoms with van der Waals surface area (Å²) in [6.07, 6.45) is 6.55. The van der Waals surface area contributed by atoms with Gasteiger partial charge in [0.2, 0.25) is 0 Å². The number of amides is 1. The van der Waals surface area contributed by atoms with Crippen molar-refractivity contribution < 1.29 is 28.6 Å². The number of halogens is 1. The summed E-state index contributed by atoms with van der Waals surface area (Å²) >= 11 is 0. The normalized spacial score (nSPS) is 17.0. The molecule has 188 valence electrons. The number of carbonyl (C=O) groups excluding carboxylic acids is 2. The van der Waals surface area contributed by atoms with Crippen molar-refractivity contribution in [3.8, 4) is 11.5 Å². The van der Waals surface area contributed by atoms with Crippen molar-refractivity contribution >= 4 is 17.4 Å². The van der Waals surface area contributed by atoms with Crippen LogP contribution in [0.15, 0.2) is 66.8 Å². The lowest BCUT2D eigenvalue weighted by Gasteiger charge is -2.26. The van der Waals surface area contributed by atoms with E-state index in [4.69, 9.17) is 9.47 Å². The van der Waals surface area contributed by atoms with E-state index in [1.807, 2.05) is 17.7 Å². The van der Waals surface area contributed by atoms with Gasteiger partial charge in [0.15, 0.2) is 11.5 Å². The number of likely N-dealkylation sites (tertiary alicyclic amines) is 1. The standard InChI is InChI=1S/C27H28FN3O5/c1-3-15-36-21-10-7-19(16-22(21)35-2)24-23(25(32)18-5-8-20(28)9-6-18)26(33)27(34)31(24)13-4-12-30-14-11-29-17-30/h5-11,14,16-17,24,32H,3-4,12-13,15H2,1-2H3. The number of hydrogen-bond donors (Lipinski definition) is 1. The maximum absolute atomic E-state index is 13.5. The summed E-state index contributed by atoms with van der Waals surface area (Å²) in [5, 5.41) is 11.1. The van der Waals surface area contributed by atoms with Gasteiger partial charge in [-0.25, -0.2) is 9.37 Å². The highest BCUT2D eigenvalue weighted by Gasteiger charge is 2.46. The summed E-state index contributed by atoms with van der Waals surface area (Å²) in [4.78, 5) is 31.8. The van der Waals surface area contributed by atoms with Crippen LogP contribution in [0.3, 0.4) is 0 Å². The van der Waals surface area contributed by atoms with E-state index in [0.717, 1.165) is 6.42 Å². The fourth-order valence-corrected chi connectivity index (χ4v) is 4.25. The van der Waals surface area contributed by atoms with Crippen LogP contribution in [0.2, 0.25) is 0 Å². The molecule has 0 bridgehead atoms. The molecule has 1 aromatic heterocycles. The van der Waals surface area contributed by atoms with Gasteiger partial charge in [-0.3, -0.25) is 9.59 Å². The molecule has 1 saturated heterocycles. The van der Waals surface area contributed by atoms with Crippen LogP contribution in [0, 0.1) is 5.82 Å². The maximum atomic E-state index is 13.5. The third kappa shape index (κ3) is 5.10. The Morgan fingerprint density at radius 1 is 1.11 bits per heavy atom. The number of rotatable bonds is 10. The number of Topliss-reactive ketones (excluding diaryl/α,β-unsaturated/α-hetero) is 1. The molecule has 0 radical (unpaired) electrons. The van der Waals surface area contributed by atoms with E-state index in [1.165, 1.54) is 36.3 Å². The van der Waals surface area contributed by atoms with Gasteiger partial charge < -0.3 is 24.0 Å². The van der Waals surface area contributed by atoms with Crippen molar-refractivity contribution in [3.05, 3.63) is 83.7 Å². The number of ether oxygens (including phenoxy) is 2. The van der Waals surface area contributed by atoms with Gasteiger partial charge in [0.25, 0.3) is 11.7 Å². The van der Waals surface area contributed by atoms with Gasteiger partial charge in [0, 0.05) is 31.0 Å². The maximum Gasteiger partial charge on any atom is 0.295 e. The highest BCUT2D eigenvalue weighted by molar-refractivity contribution is 6.46. The topological polar surface area (TPSA) is 93.9 Å². The van der Waals surface area contributed by atoms with Gasteiger partial charge in [-0.1, -0.05) is 13.0 Å². The molecule has 3 aromatic rings. The minimum atomic E-state index is -0.855. The third-order valence-electron chi connectivity index (χ3n) is 6.00. The average Bonchev–Trinajstić information content (AvgIpc) is 3.49. The molecule has 1 aliphatic rings. The summed E-state index contributed by atoms with van der Waals surface area (Å²) < 4.78 is 26.6. The summed E-state index contributed by atoms with van der Waals surface area (Å²) in [5.41, 5.74) is 0.771. The first-order valence-electron chi connectivity index (χ1n) is 11.8. The van der Waals surface area contributed by atoms with E-state index in [9.17, 15) is 19.1 Å². The molecule has 1 atom stereocenters. The lowest BCUT2D eigenvalue weighted by Crippen LogP contribution is -2.31. The Balaban J connectivity index is 1.75. The Morgan fingerprint density at radius 2 is 1.89 bits per heavy atom. The largest absolute Gasteiger partial charge is 0.507 e. The van der Waals surface area contributed by atoms with E-state index < -0.39 is 23.5 Å². The molecule has 1 unspecified atom stereocenters. The zero-order valence-corrected chi connectivity index (χ0v) is 20.2.